The van der Waals surface area contributed by atoms with Crippen LogP contribution in [0.4, 0.5) is 10.1 Å². The Hall–Kier alpha value is -4.27. The number of hydrogen-bond donors (Lipinski definition) is 3. The van der Waals surface area contributed by atoms with E-state index in [1.54, 1.807) is 12.1 Å². The van der Waals surface area contributed by atoms with Crippen LogP contribution in [0.15, 0.2) is 84.9 Å². The fourth-order valence-electron chi connectivity index (χ4n) is 5.47. The smallest absolute Gasteiger partial charge is 0.308 e. The molecule has 1 heterocycles. The van der Waals surface area contributed by atoms with Gasteiger partial charge >= 0.3 is 5.97 Å². The van der Waals surface area contributed by atoms with Crippen molar-refractivity contribution in [3.63, 3.8) is 0 Å². The molecule has 2 atom stereocenters. The third kappa shape index (κ3) is 8.21. The van der Waals surface area contributed by atoms with Crippen molar-refractivity contribution in [1.82, 2.24) is 4.57 Å². The lowest BCUT2D eigenvalue weighted by Gasteiger charge is -2.20. The van der Waals surface area contributed by atoms with Gasteiger partial charge in [0.05, 0.1) is 36.5 Å². The number of aromatic nitrogens is 1. The van der Waals surface area contributed by atoms with Gasteiger partial charge in [-0.2, -0.15) is 0 Å². The quantitative estimate of drug-likeness (QED) is 0.133. The number of benzene rings is 3. The van der Waals surface area contributed by atoms with Gasteiger partial charge in [-0.1, -0.05) is 69.3 Å². The van der Waals surface area contributed by atoms with E-state index < -0.39 is 18.2 Å². The molecule has 0 spiro atoms. The van der Waals surface area contributed by atoms with Gasteiger partial charge in [0.1, 0.15) is 5.82 Å². The normalized spacial score (nSPS) is 12.6. The van der Waals surface area contributed by atoms with E-state index in [9.17, 15) is 24.2 Å². The van der Waals surface area contributed by atoms with Gasteiger partial charge in [0.15, 0.2) is 0 Å². The molecule has 0 bridgehead atoms. The summed E-state index contributed by atoms with van der Waals surface area (Å²) < 4.78 is 21.2. The molecule has 3 aromatic carbocycles. The molecule has 8 heteroatoms. The molecule has 0 aliphatic rings. The number of esters is 1. The molecule has 7 nitrogen and oxygen atoms in total. The zero-order chi connectivity index (χ0) is 31.6. The molecule has 232 valence electrons. The fourth-order valence-corrected chi connectivity index (χ4v) is 5.47. The predicted molar refractivity (Wildman–Crippen MR) is 171 cm³/mol. The van der Waals surface area contributed by atoms with Crippen molar-refractivity contribution >= 4 is 17.6 Å². The van der Waals surface area contributed by atoms with Crippen LogP contribution >= 0.6 is 0 Å². The minimum absolute atomic E-state index is 0.00171. The summed E-state index contributed by atoms with van der Waals surface area (Å²) in [6, 6.07) is 25.0. The first-order valence-corrected chi connectivity index (χ1v) is 15.1. The molecule has 0 radical (unpaired) electrons. The first kappa shape index (κ1) is 32.6. The zero-order valence-corrected chi connectivity index (χ0v) is 25.5. The van der Waals surface area contributed by atoms with Crippen molar-refractivity contribution in [2.24, 2.45) is 0 Å². The Bertz CT molecular complexity index is 1520. The Kier molecular flexibility index (Phi) is 11.5. The molecule has 1 amide bonds. The monoisotopic (exact) mass is 600 g/mol. The molecule has 4 rings (SSSR count). The van der Waals surface area contributed by atoms with Crippen LogP contribution in [-0.2, 0) is 16.1 Å². The number of amides is 1. The van der Waals surface area contributed by atoms with E-state index in [4.69, 9.17) is 4.74 Å². The van der Waals surface area contributed by atoms with Crippen LogP contribution < -0.4 is 5.32 Å². The molecule has 3 N–H and O–H groups in total. The Morgan fingerprint density at radius 1 is 0.886 bits per heavy atom. The van der Waals surface area contributed by atoms with E-state index in [2.05, 4.69) is 5.32 Å². The number of aliphatic hydroxyl groups is 2. The number of nitrogens with one attached hydrogen (secondary N) is 1. The highest BCUT2D eigenvalue weighted by atomic mass is 19.1. The lowest BCUT2D eigenvalue weighted by molar-refractivity contribution is -0.146. The van der Waals surface area contributed by atoms with Crippen LogP contribution in [0.1, 0.15) is 68.4 Å². The van der Waals surface area contributed by atoms with Crippen molar-refractivity contribution in [2.75, 3.05) is 11.9 Å². The average molecular weight is 601 g/mol. The van der Waals surface area contributed by atoms with Gasteiger partial charge in [0.25, 0.3) is 5.91 Å². The molecule has 0 aliphatic carbocycles. The third-order valence-corrected chi connectivity index (χ3v) is 7.39. The van der Waals surface area contributed by atoms with E-state index in [1.165, 1.54) is 12.1 Å². The summed E-state index contributed by atoms with van der Waals surface area (Å²) in [5, 5.41) is 24.4. The van der Waals surface area contributed by atoms with E-state index in [1.807, 2.05) is 86.0 Å². The summed E-state index contributed by atoms with van der Waals surface area (Å²) >= 11 is 0. The summed E-state index contributed by atoms with van der Waals surface area (Å²) in [6.07, 6.45) is -1.23. The maximum absolute atomic E-state index is 14.1. The van der Waals surface area contributed by atoms with Crippen LogP contribution in [-0.4, -0.2) is 45.5 Å². The van der Waals surface area contributed by atoms with Gasteiger partial charge in [-0.05, 0) is 72.7 Å². The number of carbonyl (C=O) groups excluding carboxylic acids is 2. The molecule has 0 fully saturated rings. The molecule has 0 aliphatic heterocycles. The van der Waals surface area contributed by atoms with Crippen molar-refractivity contribution in [3.8, 4) is 22.4 Å². The van der Waals surface area contributed by atoms with E-state index in [0.29, 0.717) is 29.8 Å². The first-order valence-electron chi connectivity index (χ1n) is 15.1. The van der Waals surface area contributed by atoms with Crippen LogP contribution in [0.5, 0.6) is 0 Å². The molecule has 1 aromatic heterocycles. The Labute approximate surface area is 258 Å². The second-order valence-corrected chi connectivity index (χ2v) is 11.2. The van der Waals surface area contributed by atoms with Crippen molar-refractivity contribution in [1.29, 1.82) is 0 Å². The van der Waals surface area contributed by atoms with Crippen molar-refractivity contribution < 1.29 is 28.9 Å². The highest BCUT2D eigenvalue weighted by Gasteiger charge is 2.31. The number of para-hydroxylation sites is 1. The topological polar surface area (TPSA) is 101 Å². The Balaban J connectivity index is 1.79. The second kappa shape index (κ2) is 15.5. The summed E-state index contributed by atoms with van der Waals surface area (Å²) in [5.41, 5.74) is 4.92. The number of nitrogens with zero attached hydrogens (tertiary/aromatic N) is 1. The molecular weight excluding hydrogens is 559 g/mol. The average Bonchev–Trinajstić information content (AvgIpc) is 3.36. The molecule has 44 heavy (non-hydrogen) atoms. The lowest BCUT2D eigenvalue weighted by atomic mass is 9.94. The molecular formula is C36H41FN2O5. The largest absolute Gasteiger partial charge is 0.466 e. The van der Waals surface area contributed by atoms with E-state index in [-0.39, 0.29) is 43.5 Å². The number of carbonyl (C=O) groups is 2. The minimum Gasteiger partial charge on any atom is -0.466 e. The van der Waals surface area contributed by atoms with Gasteiger partial charge in [0.2, 0.25) is 0 Å². The first-order chi connectivity index (χ1) is 21.2. The number of halogens is 1. The van der Waals surface area contributed by atoms with Crippen molar-refractivity contribution in [2.45, 2.75) is 71.1 Å². The van der Waals surface area contributed by atoms with E-state index >= 15 is 0 Å². The standard InChI is InChI=1S/C36H41FN2O5/c1-4-21-44-31(42)23-30(41)22-29(40)19-20-39-34(24(2)3)33(36(43)38-28-13-9-6-10-14-28)32(25-11-7-5-8-12-25)35(39)26-15-17-27(37)18-16-26/h5-18,24,29-30,40-41H,4,19-23H2,1-3H3,(H,38,43). The number of hydrogen-bond acceptors (Lipinski definition) is 5. The van der Waals surface area contributed by atoms with Gasteiger partial charge in [-0.3, -0.25) is 9.59 Å². The summed E-state index contributed by atoms with van der Waals surface area (Å²) in [5.74, 6) is -1.25. The van der Waals surface area contributed by atoms with Gasteiger partial charge in [0, 0.05) is 23.5 Å². The fraction of sp³-hybridized carbons (Fsp3) is 0.333. The number of ether oxygens (including phenoxy) is 1. The number of anilines is 1. The highest BCUT2D eigenvalue weighted by Crippen LogP contribution is 2.42. The Morgan fingerprint density at radius 2 is 1.52 bits per heavy atom. The second-order valence-electron chi connectivity index (χ2n) is 11.2. The summed E-state index contributed by atoms with van der Waals surface area (Å²) in [7, 11) is 0. The highest BCUT2D eigenvalue weighted by molar-refractivity contribution is 6.12. The number of rotatable bonds is 14. The SMILES string of the molecule is CCCOC(=O)CC(O)CC(O)CCn1c(-c2ccc(F)cc2)c(-c2ccccc2)c(C(=O)Nc2ccccc2)c1C(C)C. The molecule has 0 saturated carbocycles. The van der Waals surface area contributed by atoms with Gasteiger partial charge < -0.3 is 24.8 Å². The van der Waals surface area contributed by atoms with Crippen LogP contribution in [0.3, 0.4) is 0 Å². The molecule has 0 saturated heterocycles. The molecule has 4 aromatic rings. The summed E-state index contributed by atoms with van der Waals surface area (Å²) in [4.78, 5) is 26.1. The third-order valence-electron chi connectivity index (χ3n) is 7.39. The predicted octanol–water partition coefficient (Wildman–Crippen LogP) is 7.18. The number of aliphatic hydroxyl groups excluding tert-OH is 2. The lowest BCUT2D eigenvalue weighted by Crippen LogP contribution is -2.23. The maximum Gasteiger partial charge on any atom is 0.308 e. The zero-order valence-electron chi connectivity index (χ0n) is 25.5. The van der Waals surface area contributed by atoms with E-state index in [0.717, 1.165) is 22.5 Å². The van der Waals surface area contributed by atoms with Gasteiger partial charge in [-0.25, -0.2) is 4.39 Å². The van der Waals surface area contributed by atoms with Crippen LogP contribution in [0, 0.1) is 5.82 Å². The molecule has 2 unspecified atom stereocenters. The van der Waals surface area contributed by atoms with Crippen LogP contribution in [0.25, 0.3) is 22.4 Å². The maximum atomic E-state index is 14.1. The Morgan fingerprint density at radius 3 is 2.14 bits per heavy atom. The minimum atomic E-state index is -1.05. The van der Waals surface area contributed by atoms with Gasteiger partial charge in [-0.15, -0.1) is 0 Å². The van der Waals surface area contributed by atoms with Crippen LogP contribution in [0.2, 0.25) is 0 Å². The van der Waals surface area contributed by atoms with Crippen molar-refractivity contribution in [3.05, 3.63) is 102 Å². The summed E-state index contributed by atoms with van der Waals surface area (Å²) in [6.45, 7) is 6.51.